The number of amides is 1. The Morgan fingerprint density at radius 2 is 2.22 bits per heavy atom. The van der Waals surface area contributed by atoms with Crippen molar-refractivity contribution >= 4 is 21.8 Å². The van der Waals surface area contributed by atoms with E-state index in [0.717, 1.165) is 16.7 Å². The van der Waals surface area contributed by atoms with Crippen LogP contribution in [0.3, 0.4) is 0 Å². The number of hydrogen-bond acceptors (Lipinski definition) is 1. The second-order valence-corrected chi connectivity index (χ2v) is 7.20. The largest absolute Gasteiger partial charge is 0.350 e. The molecule has 0 aliphatic heterocycles. The number of carbonyl (C=O) groups is 1. The summed E-state index contributed by atoms with van der Waals surface area (Å²) in [6.07, 6.45) is 5.63. The summed E-state index contributed by atoms with van der Waals surface area (Å²) in [6, 6.07) is 2.46. The molecule has 4 heteroatoms. The predicted octanol–water partition coefficient (Wildman–Crippen LogP) is 3.36. The van der Waals surface area contributed by atoms with Gasteiger partial charge in [-0.1, -0.05) is 13.8 Å². The Balaban J connectivity index is 1.65. The zero-order chi connectivity index (χ0) is 12.9. The van der Waals surface area contributed by atoms with E-state index >= 15 is 0 Å². The van der Waals surface area contributed by atoms with E-state index in [9.17, 15) is 4.79 Å². The van der Waals surface area contributed by atoms with Gasteiger partial charge in [0.15, 0.2) is 0 Å². The molecule has 3 rings (SSSR count). The molecule has 2 saturated carbocycles. The van der Waals surface area contributed by atoms with Crippen LogP contribution in [0.5, 0.6) is 0 Å². The van der Waals surface area contributed by atoms with Crippen molar-refractivity contribution in [1.29, 1.82) is 0 Å². The molecule has 1 aromatic rings. The van der Waals surface area contributed by atoms with Gasteiger partial charge in [0, 0.05) is 23.3 Å². The van der Waals surface area contributed by atoms with Crippen molar-refractivity contribution in [1.82, 2.24) is 9.88 Å². The zero-order valence-electron chi connectivity index (χ0n) is 10.9. The van der Waals surface area contributed by atoms with Crippen LogP contribution in [0.25, 0.3) is 0 Å². The Hall–Kier alpha value is -0.770. The van der Waals surface area contributed by atoms with Crippen molar-refractivity contribution in [3.63, 3.8) is 0 Å². The van der Waals surface area contributed by atoms with Gasteiger partial charge in [0.25, 0.3) is 5.91 Å². The number of rotatable bonds is 4. The summed E-state index contributed by atoms with van der Waals surface area (Å²) in [5.41, 5.74) is 1.22. The SMILES string of the molecule is CC1(C)CC1CNC(=O)c1cc(Br)cn1C1CC1. The lowest BCUT2D eigenvalue weighted by Gasteiger charge is -2.09. The first-order chi connectivity index (χ1) is 8.47. The van der Waals surface area contributed by atoms with Crippen LogP contribution in [0.15, 0.2) is 16.7 Å². The highest BCUT2D eigenvalue weighted by molar-refractivity contribution is 9.10. The number of aromatic nitrogens is 1. The Kier molecular flexibility index (Phi) is 2.81. The first kappa shape index (κ1) is 12.3. The first-order valence-corrected chi connectivity index (χ1v) is 7.42. The second kappa shape index (κ2) is 4.12. The third-order valence-corrected chi connectivity index (χ3v) is 4.65. The monoisotopic (exact) mass is 310 g/mol. The summed E-state index contributed by atoms with van der Waals surface area (Å²) < 4.78 is 3.10. The third-order valence-electron chi connectivity index (χ3n) is 4.21. The molecule has 1 amide bonds. The van der Waals surface area contributed by atoms with Crippen molar-refractivity contribution in [3.8, 4) is 0 Å². The molecule has 0 spiro atoms. The van der Waals surface area contributed by atoms with Crippen LogP contribution in [0.4, 0.5) is 0 Å². The van der Waals surface area contributed by atoms with Gasteiger partial charge in [-0.25, -0.2) is 0 Å². The van der Waals surface area contributed by atoms with Crippen LogP contribution in [0, 0.1) is 11.3 Å². The quantitative estimate of drug-likeness (QED) is 0.909. The molecule has 3 nitrogen and oxygen atoms in total. The van der Waals surface area contributed by atoms with Gasteiger partial charge >= 0.3 is 0 Å². The normalized spacial score (nSPS) is 24.9. The van der Waals surface area contributed by atoms with Gasteiger partial charge in [-0.15, -0.1) is 0 Å². The highest BCUT2D eigenvalue weighted by atomic mass is 79.9. The number of hydrogen-bond donors (Lipinski definition) is 1. The summed E-state index contributed by atoms with van der Waals surface area (Å²) in [6.45, 7) is 5.32. The molecule has 1 heterocycles. The van der Waals surface area contributed by atoms with Crippen LogP contribution in [-0.2, 0) is 0 Å². The summed E-state index contributed by atoms with van der Waals surface area (Å²) in [5.74, 6) is 0.713. The number of nitrogens with zero attached hydrogens (tertiary/aromatic N) is 1. The van der Waals surface area contributed by atoms with Crippen molar-refractivity contribution in [2.45, 2.75) is 39.2 Å². The van der Waals surface area contributed by atoms with Gasteiger partial charge < -0.3 is 9.88 Å². The number of halogens is 1. The van der Waals surface area contributed by atoms with E-state index in [1.54, 1.807) is 0 Å². The molecular weight excluding hydrogens is 292 g/mol. The van der Waals surface area contributed by atoms with Crippen molar-refractivity contribution < 1.29 is 4.79 Å². The van der Waals surface area contributed by atoms with Crippen LogP contribution in [-0.4, -0.2) is 17.0 Å². The van der Waals surface area contributed by atoms with Crippen molar-refractivity contribution in [2.75, 3.05) is 6.54 Å². The summed E-state index contributed by atoms with van der Waals surface area (Å²) >= 11 is 3.46. The van der Waals surface area contributed by atoms with E-state index in [1.165, 1.54) is 19.3 Å². The summed E-state index contributed by atoms with van der Waals surface area (Å²) in [5, 5.41) is 3.07. The molecule has 1 N–H and O–H groups in total. The maximum Gasteiger partial charge on any atom is 0.267 e. The molecule has 18 heavy (non-hydrogen) atoms. The Morgan fingerprint density at radius 3 is 2.78 bits per heavy atom. The maximum atomic E-state index is 12.2. The molecular formula is C14H19BrN2O. The zero-order valence-corrected chi connectivity index (χ0v) is 12.5. The number of carbonyl (C=O) groups excluding carboxylic acids is 1. The minimum Gasteiger partial charge on any atom is -0.350 e. The van der Waals surface area contributed by atoms with E-state index in [2.05, 4.69) is 39.7 Å². The summed E-state index contributed by atoms with van der Waals surface area (Å²) in [7, 11) is 0. The Morgan fingerprint density at radius 1 is 1.56 bits per heavy atom. The summed E-state index contributed by atoms with van der Waals surface area (Å²) in [4.78, 5) is 12.2. The van der Waals surface area contributed by atoms with E-state index in [0.29, 0.717) is 17.4 Å². The molecule has 1 aromatic heterocycles. The molecule has 2 fully saturated rings. The van der Waals surface area contributed by atoms with Crippen molar-refractivity contribution in [2.24, 2.45) is 11.3 Å². The van der Waals surface area contributed by atoms with Crippen LogP contribution in [0.1, 0.15) is 49.6 Å². The molecule has 0 bridgehead atoms. The van der Waals surface area contributed by atoms with E-state index < -0.39 is 0 Å². The topological polar surface area (TPSA) is 34.0 Å². The molecule has 0 radical (unpaired) electrons. The highest BCUT2D eigenvalue weighted by Crippen LogP contribution is 2.51. The lowest BCUT2D eigenvalue weighted by molar-refractivity contribution is 0.0941. The fraction of sp³-hybridized carbons (Fsp3) is 0.643. The van der Waals surface area contributed by atoms with Gasteiger partial charge in [0.1, 0.15) is 5.69 Å². The van der Waals surface area contributed by atoms with Gasteiger partial charge in [-0.3, -0.25) is 4.79 Å². The van der Waals surface area contributed by atoms with Crippen LogP contribution >= 0.6 is 15.9 Å². The number of nitrogens with one attached hydrogen (secondary N) is 1. The van der Waals surface area contributed by atoms with Crippen molar-refractivity contribution in [3.05, 3.63) is 22.4 Å². The first-order valence-electron chi connectivity index (χ1n) is 6.63. The minimum absolute atomic E-state index is 0.0651. The van der Waals surface area contributed by atoms with E-state index in [1.807, 2.05) is 12.3 Å². The maximum absolute atomic E-state index is 12.2. The molecule has 1 unspecified atom stereocenters. The third kappa shape index (κ3) is 2.35. The van der Waals surface area contributed by atoms with E-state index in [-0.39, 0.29) is 5.91 Å². The molecule has 0 aromatic carbocycles. The standard InChI is InChI=1S/C14H19BrN2O/c1-14(2)6-9(14)7-16-13(18)12-5-10(15)8-17(12)11-3-4-11/h5,8-9,11H,3-4,6-7H2,1-2H3,(H,16,18). The second-order valence-electron chi connectivity index (χ2n) is 6.28. The molecule has 0 saturated heterocycles. The lowest BCUT2D eigenvalue weighted by atomic mass is 10.1. The van der Waals surface area contributed by atoms with Crippen LogP contribution < -0.4 is 5.32 Å². The van der Waals surface area contributed by atoms with Gasteiger partial charge in [0.05, 0.1) is 0 Å². The molecule has 98 valence electrons. The Labute approximate surface area is 116 Å². The minimum atomic E-state index is 0.0651. The molecule has 2 aliphatic rings. The van der Waals surface area contributed by atoms with Crippen LogP contribution in [0.2, 0.25) is 0 Å². The molecule has 1 atom stereocenters. The average Bonchev–Trinajstić information content (AvgIpc) is 3.18. The fourth-order valence-corrected chi connectivity index (χ4v) is 2.95. The average molecular weight is 311 g/mol. The fourth-order valence-electron chi connectivity index (χ4n) is 2.51. The highest BCUT2D eigenvalue weighted by Gasteiger charge is 2.45. The van der Waals surface area contributed by atoms with Gasteiger partial charge in [-0.05, 0) is 52.6 Å². The smallest absolute Gasteiger partial charge is 0.267 e. The molecule has 2 aliphatic carbocycles. The van der Waals surface area contributed by atoms with Gasteiger partial charge in [-0.2, -0.15) is 0 Å². The lowest BCUT2D eigenvalue weighted by Crippen LogP contribution is -2.28. The van der Waals surface area contributed by atoms with E-state index in [4.69, 9.17) is 0 Å². The van der Waals surface area contributed by atoms with Gasteiger partial charge in [0.2, 0.25) is 0 Å². The predicted molar refractivity (Wildman–Crippen MR) is 74.6 cm³/mol. The Bertz CT molecular complexity index is 488.